The van der Waals surface area contributed by atoms with Crippen molar-refractivity contribution in [3.63, 3.8) is 0 Å². The van der Waals surface area contributed by atoms with Crippen LogP contribution in [0.1, 0.15) is 88.7 Å². The number of anilines is 1. The summed E-state index contributed by atoms with van der Waals surface area (Å²) < 4.78 is 7.78. The van der Waals surface area contributed by atoms with Gasteiger partial charge in [0.2, 0.25) is 0 Å². The number of unbranched alkanes of at least 4 members (excludes halogenated alkanes) is 1. The summed E-state index contributed by atoms with van der Waals surface area (Å²) in [6.07, 6.45) is 2.76. The maximum atomic E-state index is 13.3. The Kier molecular flexibility index (Phi) is 7.83. The van der Waals surface area contributed by atoms with Crippen LogP contribution >= 0.6 is 0 Å². The van der Waals surface area contributed by atoms with E-state index in [1.165, 1.54) is 4.90 Å². The van der Waals surface area contributed by atoms with Crippen molar-refractivity contribution in [2.45, 2.75) is 66.0 Å². The Morgan fingerprint density at radius 2 is 1.47 bits per heavy atom. The fraction of sp³-hybridized carbons (Fsp3) is 0.270. The average Bonchev–Trinajstić information content (AvgIpc) is 3.47. The number of pyridine rings is 1. The summed E-state index contributed by atoms with van der Waals surface area (Å²) in [6.45, 7) is 10.0. The number of nitrogens with zero attached hydrogens (tertiary/aromatic N) is 4. The molecule has 8 nitrogen and oxygen atoms in total. The number of rotatable bonds is 8. The quantitative estimate of drug-likeness (QED) is 0.135. The molecule has 3 aromatic carbocycles. The summed E-state index contributed by atoms with van der Waals surface area (Å²) in [4.78, 5) is 50.5. The lowest BCUT2D eigenvalue weighted by atomic mass is 9.98. The van der Waals surface area contributed by atoms with Crippen LogP contribution in [0.25, 0.3) is 22.3 Å². The zero-order chi connectivity index (χ0) is 31.9. The maximum Gasteiger partial charge on any atom is 0.339 e. The van der Waals surface area contributed by atoms with Crippen molar-refractivity contribution in [3.05, 3.63) is 113 Å². The number of ether oxygens (including phenoxy) is 1. The summed E-state index contributed by atoms with van der Waals surface area (Å²) in [5.74, 6) is -0.152. The van der Waals surface area contributed by atoms with Gasteiger partial charge in [0.05, 0.1) is 33.6 Å². The van der Waals surface area contributed by atoms with Crippen LogP contribution in [-0.2, 0) is 17.7 Å². The van der Waals surface area contributed by atoms with Gasteiger partial charge >= 0.3 is 5.97 Å². The summed E-state index contributed by atoms with van der Waals surface area (Å²) in [7, 11) is 0. The third-order valence-electron chi connectivity index (χ3n) is 7.92. The van der Waals surface area contributed by atoms with Gasteiger partial charge in [-0.1, -0.05) is 67.9 Å². The molecule has 2 aromatic heterocycles. The monoisotopic (exact) mass is 600 g/mol. The molecule has 0 atom stereocenters. The van der Waals surface area contributed by atoms with Gasteiger partial charge in [0.15, 0.2) is 5.65 Å². The molecule has 3 heterocycles. The largest absolute Gasteiger partial charge is 0.456 e. The predicted molar refractivity (Wildman–Crippen MR) is 175 cm³/mol. The Morgan fingerprint density at radius 3 is 2.09 bits per heavy atom. The number of aryl methyl sites for hydroxylation is 2. The number of benzene rings is 3. The van der Waals surface area contributed by atoms with Crippen LogP contribution in [-0.4, -0.2) is 37.9 Å². The molecule has 5 aromatic rings. The van der Waals surface area contributed by atoms with E-state index in [1.807, 2.05) is 69.3 Å². The Morgan fingerprint density at radius 1 is 0.844 bits per heavy atom. The van der Waals surface area contributed by atoms with Gasteiger partial charge in [0, 0.05) is 13.0 Å². The number of fused-ring (bicyclic) bond motifs is 2. The second-order valence-electron chi connectivity index (χ2n) is 12.4. The second kappa shape index (κ2) is 11.8. The minimum Gasteiger partial charge on any atom is -0.456 e. The highest BCUT2D eigenvalue weighted by Gasteiger charge is 2.37. The van der Waals surface area contributed by atoms with Crippen LogP contribution < -0.4 is 4.90 Å². The van der Waals surface area contributed by atoms with Crippen LogP contribution in [0.2, 0.25) is 0 Å². The van der Waals surface area contributed by atoms with E-state index in [-0.39, 0.29) is 17.8 Å². The molecule has 0 radical (unpaired) electrons. The van der Waals surface area contributed by atoms with Crippen LogP contribution in [0.15, 0.2) is 78.9 Å². The molecule has 0 unspecified atom stereocenters. The Labute approximate surface area is 262 Å². The van der Waals surface area contributed by atoms with Gasteiger partial charge in [0.25, 0.3) is 11.8 Å². The molecule has 6 rings (SSSR count). The van der Waals surface area contributed by atoms with Crippen LogP contribution in [0, 0.1) is 6.92 Å². The zero-order valence-corrected chi connectivity index (χ0v) is 26.3. The van der Waals surface area contributed by atoms with E-state index in [1.54, 1.807) is 37.3 Å². The predicted octanol–water partition coefficient (Wildman–Crippen LogP) is 7.55. The third-order valence-corrected chi connectivity index (χ3v) is 7.92. The molecule has 0 saturated heterocycles. The molecule has 0 fully saturated rings. The van der Waals surface area contributed by atoms with Crippen LogP contribution in [0.4, 0.5) is 5.69 Å². The normalized spacial score (nSPS) is 13.0. The SMILES string of the molecule is CCCCc1nc2nc(C)c(N3C(=O)c4ccccc4C3=O)cc2n1Cc1ccc(-c2ccccc2C(=O)OC(C)(C)C)cc1. The number of imide groups is 1. The van der Waals surface area contributed by atoms with E-state index < -0.39 is 5.60 Å². The van der Waals surface area contributed by atoms with E-state index in [0.29, 0.717) is 40.3 Å². The first-order valence-corrected chi connectivity index (χ1v) is 15.3. The number of hydrogen-bond acceptors (Lipinski definition) is 6. The van der Waals surface area contributed by atoms with Crippen LogP contribution in [0.5, 0.6) is 0 Å². The van der Waals surface area contributed by atoms with Gasteiger partial charge < -0.3 is 9.30 Å². The lowest BCUT2D eigenvalue weighted by molar-refractivity contribution is 0.00702. The van der Waals surface area contributed by atoms with E-state index in [2.05, 4.69) is 11.5 Å². The van der Waals surface area contributed by atoms with Crippen molar-refractivity contribution in [1.29, 1.82) is 0 Å². The number of imidazole rings is 1. The number of aromatic nitrogens is 3. The van der Waals surface area contributed by atoms with Crippen LogP contribution in [0.3, 0.4) is 0 Å². The highest BCUT2D eigenvalue weighted by Crippen LogP contribution is 2.33. The summed E-state index contributed by atoms with van der Waals surface area (Å²) in [5, 5.41) is 0. The zero-order valence-electron chi connectivity index (χ0n) is 26.3. The van der Waals surface area contributed by atoms with Gasteiger partial charge in [-0.25, -0.2) is 19.7 Å². The Hall–Kier alpha value is -5.11. The fourth-order valence-electron chi connectivity index (χ4n) is 5.73. The van der Waals surface area contributed by atoms with Crippen molar-refractivity contribution in [1.82, 2.24) is 14.5 Å². The molecule has 0 N–H and O–H groups in total. The van der Waals surface area contributed by atoms with Crippen molar-refractivity contribution < 1.29 is 19.1 Å². The average molecular weight is 601 g/mol. The molecule has 0 aliphatic carbocycles. The van der Waals surface area contributed by atoms with E-state index in [4.69, 9.17) is 14.7 Å². The number of esters is 1. The van der Waals surface area contributed by atoms with Crippen molar-refractivity contribution in [2.75, 3.05) is 4.90 Å². The minimum absolute atomic E-state index is 0.348. The Balaban J connectivity index is 1.36. The third kappa shape index (κ3) is 5.76. The topological polar surface area (TPSA) is 94.4 Å². The lowest BCUT2D eigenvalue weighted by Crippen LogP contribution is -2.30. The van der Waals surface area contributed by atoms with Gasteiger partial charge in [-0.15, -0.1) is 0 Å². The highest BCUT2D eigenvalue weighted by molar-refractivity contribution is 6.34. The smallest absolute Gasteiger partial charge is 0.339 e. The molecule has 0 bridgehead atoms. The molecular formula is C37H36N4O4. The fourth-order valence-corrected chi connectivity index (χ4v) is 5.73. The van der Waals surface area contributed by atoms with Crippen molar-refractivity contribution in [2.24, 2.45) is 0 Å². The van der Waals surface area contributed by atoms with Crippen molar-refractivity contribution in [3.8, 4) is 11.1 Å². The standard InChI is InChI=1S/C37H36N4O4/c1-6-7-16-32-39-33-31(21-30(23(2)38-33)41-34(42)27-13-9-10-14-28(27)35(41)43)40(32)22-24-17-19-25(20-18-24)26-12-8-11-15-29(26)36(44)45-37(3,4)5/h8-15,17-21H,6-7,16,22H2,1-5H3. The number of hydrogen-bond donors (Lipinski definition) is 0. The number of amides is 2. The lowest BCUT2D eigenvalue weighted by Gasteiger charge is -2.20. The molecule has 45 heavy (non-hydrogen) atoms. The van der Waals surface area contributed by atoms with Gasteiger partial charge in [-0.3, -0.25) is 9.59 Å². The maximum absolute atomic E-state index is 13.3. The number of carbonyl (C=O) groups is 3. The van der Waals surface area contributed by atoms with Gasteiger partial charge in [-0.2, -0.15) is 0 Å². The summed E-state index contributed by atoms with van der Waals surface area (Å²) in [5.41, 5.74) is 5.84. The Bertz CT molecular complexity index is 1920. The first-order valence-electron chi connectivity index (χ1n) is 15.3. The van der Waals surface area contributed by atoms with E-state index >= 15 is 0 Å². The highest BCUT2D eigenvalue weighted by atomic mass is 16.6. The summed E-state index contributed by atoms with van der Waals surface area (Å²) in [6, 6.07) is 24.3. The van der Waals surface area contributed by atoms with Gasteiger partial charge in [-0.05, 0) is 75.1 Å². The molecule has 0 spiro atoms. The number of carbonyl (C=O) groups excluding carboxylic acids is 3. The molecule has 0 saturated carbocycles. The molecule has 1 aliphatic heterocycles. The molecule has 228 valence electrons. The van der Waals surface area contributed by atoms with Crippen molar-refractivity contribution >= 4 is 34.6 Å². The molecule has 8 heteroatoms. The van der Waals surface area contributed by atoms with Gasteiger partial charge in [0.1, 0.15) is 11.4 Å². The first-order chi connectivity index (χ1) is 21.6. The minimum atomic E-state index is -0.594. The molecule has 1 aliphatic rings. The molecule has 2 amide bonds. The second-order valence-corrected chi connectivity index (χ2v) is 12.4. The summed E-state index contributed by atoms with van der Waals surface area (Å²) >= 11 is 0. The van der Waals surface area contributed by atoms with E-state index in [0.717, 1.165) is 47.3 Å². The molecular weight excluding hydrogens is 564 g/mol. The first kappa shape index (κ1) is 29.9. The van der Waals surface area contributed by atoms with E-state index in [9.17, 15) is 14.4 Å².